The van der Waals surface area contributed by atoms with Crippen LogP contribution in [0.5, 0.6) is 0 Å². The molecule has 1 rings (SSSR count). The standard InChI is InChI=1S/C15H22BrF/c1-11(15(2,3)4)8-13(16)9-12-6-5-7-14(17)10-12/h5-7,10-11,13H,8-9H2,1-4H3. The molecular weight excluding hydrogens is 279 g/mol. The molecule has 96 valence electrons. The van der Waals surface area contributed by atoms with Crippen LogP contribution in [-0.4, -0.2) is 4.83 Å². The molecule has 0 aliphatic carbocycles. The van der Waals surface area contributed by atoms with Crippen LogP contribution in [0.25, 0.3) is 0 Å². The van der Waals surface area contributed by atoms with Gasteiger partial charge >= 0.3 is 0 Å². The third-order valence-electron chi connectivity index (χ3n) is 3.43. The van der Waals surface area contributed by atoms with Crippen LogP contribution in [0.15, 0.2) is 24.3 Å². The Morgan fingerprint density at radius 2 is 1.94 bits per heavy atom. The van der Waals surface area contributed by atoms with E-state index >= 15 is 0 Å². The van der Waals surface area contributed by atoms with Crippen LogP contribution in [0.4, 0.5) is 4.39 Å². The Morgan fingerprint density at radius 3 is 2.47 bits per heavy atom. The number of hydrogen-bond donors (Lipinski definition) is 0. The Labute approximate surface area is 113 Å². The van der Waals surface area contributed by atoms with Crippen molar-refractivity contribution in [1.82, 2.24) is 0 Å². The predicted octanol–water partition coefficient (Wildman–Crippen LogP) is 5.20. The fourth-order valence-corrected chi connectivity index (χ4v) is 2.67. The second-order valence-electron chi connectivity index (χ2n) is 5.93. The van der Waals surface area contributed by atoms with Crippen LogP contribution < -0.4 is 0 Å². The van der Waals surface area contributed by atoms with Crippen LogP contribution in [0.1, 0.15) is 39.7 Å². The first-order valence-corrected chi connectivity index (χ1v) is 7.09. The second-order valence-corrected chi connectivity index (χ2v) is 7.23. The van der Waals surface area contributed by atoms with E-state index in [1.165, 1.54) is 6.07 Å². The quantitative estimate of drug-likeness (QED) is 0.670. The van der Waals surface area contributed by atoms with E-state index in [-0.39, 0.29) is 5.82 Å². The summed E-state index contributed by atoms with van der Waals surface area (Å²) in [6, 6.07) is 6.87. The van der Waals surface area contributed by atoms with Crippen LogP contribution >= 0.6 is 15.9 Å². The highest BCUT2D eigenvalue weighted by Gasteiger charge is 2.22. The highest BCUT2D eigenvalue weighted by atomic mass is 79.9. The molecule has 0 N–H and O–H groups in total. The monoisotopic (exact) mass is 300 g/mol. The average molecular weight is 301 g/mol. The number of rotatable bonds is 4. The van der Waals surface area contributed by atoms with Gasteiger partial charge in [-0.25, -0.2) is 4.39 Å². The minimum Gasteiger partial charge on any atom is -0.207 e. The summed E-state index contributed by atoms with van der Waals surface area (Å²) in [5, 5.41) is 0. The smallest absolute Gasteiger partial charge is 0.123 e. The van der Waals surface area contributed by atoms with Crippen molar-refractivity contribution in [2.24, 2.45) is 11.3 Å². The van der Waals surface area contributed by atoms with Gasteiger partial charge in [-0.2, -0.15) is 0 Å². The van der Waals surface area contributed by atoms with Gasteiger partial charge in [0.1, 0.15) is 5.82 Å². The molecule has 0 radical (unpaired) electrons. The minimum atomic E-state index is -0.147. The van der Waals surface area contributed by atoms with Crippen LogP contribution in [0.3, 0.4) is 0 Å². The molecule has 0 saturated heterocycles. The Hall–Kier alpha value is -0.370. The number of benzene rings is 1. The van der Waals surface area contributed by atoms with Gasteiger partial charge in [0.05, 0.1) is 0 Å². The van der Waals surface area contributed by atoms with Crippen molar-refractivity contribution in [3.8, 4) is 0 Å². The summed E-state index contributed by atoms with van der Waals surface area (Å²) in [4.78, 5) is 0.415. The molecule has 0 aliphatic rings. The van der Waals surface area contributed by atoms with E-state index in [0.717, 1.165) is 18.4 Å². The zero-order valence-corrected chi connectivity index (χ0v) is 12.7. The lowest BCUT2D eigenvalue weighted by atomic mass is 9.79. The average Bonchev–Trinajstić information content (AvgIpc) is 2.15. The van der Waals surface area contributed by atoms with E-state index in [4.69, 9.17) is 0 Å². The molecule has 0 fully saturated rings. The third-order valence-corrected chi connectivity index (χ3v) is 4.13. The summed E-state index contributed by atoms with van der Waals surface area (Å²) in [5.41, 5.74) is 1.39. The molecule has 0 heterocycles. The summed E-state index contributed by atoms with van der Waals surface area (Å²) >= 11 is 3.71. The largest absolute Gasteiger partial charge is 0.207 e. The van der Waals surface area contributed by atoms with Gasteiger partial charge in [0, 0.05) is 4.83 Å². The molecule has 0 amide bonds. The Bertz CT molecular complexity index is 354. The van der Waals surface area contributed by atoms with Gasteiger partial charge in [-0.1, -0.05) is 55.8 Å². The van der Waals surface area contributed by atoms with Crippen molar-refractivity contribution >= 4 is 15.9 Å². The lowest BCUT2D eigenvalue weighted by molar-refractivity contribution is 0.246. The zero-order chi connectivity index (χ0) is 13.1. The maximum absolute atomic E-state index is 13.1. The molecule has 1 aromatic rings. The van der Waals surface area contributed by atoms with E-state index in [9.17, 15) is 4.39 Å². The van der Waals surface area contributed by atoms with Crippen LogP contribution in [0, 0.1) is 17.2 Å². The molecular formula is C15H22BrF. The van der Waals surface area contributed by atoms with Crippen molar-refractivity contribution in [2.75, 3.05) is 0 Å². The van der Waals surface area contributed by atoms with Crippen LogP contribution in [0.2, 0.25) is 0 Å². The molecule has 0 nitrogen and oxygen atoms in total. The Kier molecular flexibility index (Phi) is 5.18. The van der Waals surface area contributed by atoms with Crippen LogP contribution in [-0.2, 0) is 6.42 Å². The highest BCUT2D eigenvalue weighted by molar-refractivity contribution is 9.09. The summed E-state index contributed by atoms with van der Waals surface area (Å²) in [6.07, 6.45) is 2.00. The summed E-state index contributed by atoms with van der Waals surface area (Å²) in [5.74, 6) is 0.492. The Morgan fingerprint density at radius 1 is 1.29 bits per heavy atom. The lowest BCUT2D eigenvalue weighted by Gasteiger charge is -2.29. The molecule has 0 aliphatic heterocycles. The first-order valence-electron chi connectivity index (χ1n) is 6.17. The third kappa shape index (κ3) is 5.20. The number of alkyl halides is 1. The van der Waals surface area contributed by atoms with E-state index in [2.05, 4.69) is 43.6 Å². The maximum Gasteiger partial charge on any atom is 0.123 e. The van der Waals surface area contributed by atoms with Crippen molar-refractivity contribution in [3.63, 3.8) is 0 Å². The van der Waals surface area contributed by atoms with E-state index < -0.39 is 0 Å². The first-order chi connectivity index (χ1) is 7.79. The van der Waals surface area contributed by atoms with Gasteiger partial charge < -0.3 is 0 Å². The molecule has 2 unspecified atom stereocenters. The first kappa shape index (κ1) is 14.7. The van der Waals surface area contributed by atoms with E-state index in [0.29, 0.717) is 16.2 Å². The highest BCUT2D eigenvalue weighted by Crippen LogP contribution is 2.31. The molecule has 0 saturated carbocycles. The van der Waals surface area contributed by atoms with Crippen molar-refractivity contribution in [3.05, 3.63) is 35.6 Å². The van der Waals surface area contributed by atoms with Gasteiger partial charge in [-0.15, -0.1) is 0 Å². The molecule has 0 bridgehead atoms. The SMILES string of the molecule is CC(CC(Br)Cc1cccc(F)c1)C(C)(C)C. The maximum atomic E-state index is 13.1. The molecule has 0 spiro atoms. The van der Waals surface area contributed by atoms with Gasteiger partial charge in [-0.05, 0) is 41.9 Å². The van der Waals surface area contributed by atoms with Gasteiger partial charge in [0.15, 0.2) is 0 Å². The number of hydrogen-bond acceptors (Lipinski definition) is 0. The van der Waals surface area contributed by atoms with Crippen molar-refractivity contribution in [2.45, 2.75) is 45.4 Å². The fraction of sp³-hybridized carbons (Fsp3) is 0.600. The normalized spacial score (nSPS) is 15.6. The summed E-state index contributed by atoms with van der Waals surface area (Å²) < 4.78 is 13.1. The Balaban J connectivity index is 2.53. The predicted molar refractivity (Wildman–Crippen MR) is 76.1 cm³/mol. The van der Waals surface area contributed by atoms with Gasteiger partial charge in [-0.3, -0.25) is 0 Å². The summed E-state index contributed by atoms with van der Waals surface area (Å²) in [7, 11) is 0. The van der Waals surface area contributed by atoms with E-state index in [1.807, 2.05) is 6.07 Å². The molecule has 0 aromatic heterocycles. The second kappa shape index (κ2) is 5.99. The number of halogens is 2. The van der Waals surface area contributed by atoms with Gasteiger partial charge in [0.25, 0.3) is 0 Å². The lowest BCUT2D eigenvalue weighted by Crippen LogP contribution is -2.21. The molecule has 2 atom stereocenters. The van der Waals surface area contributed by atoms with Crippen molar-refractivity contribution < 1.29 is 4.39 Å². The molecule has 17 heavy (non-hydrogen) atoms. The molecule has 1 aromatic carbocycles. The molecule has 2 heteroatoms. The minimum absolute atomic E-state index is 0.147. The zero-order valence-electron chi connectivity index (χ0n) is 11.1. The topological polar surface area (TPSA) is 0 Å². The van der Waals surface area contributed by atoms with Gasteiger partial charge in [0.2, 0.25) is 0 Å². The fourth-order valence-electron chi connectivity index (χ4n) is 1.74. The summed E-state index contributed by atoms with van der Waals surface area (Å²) in [6.45, 7) is 9.07. The van der Waals surface area contributed by atoms with Crippen molar-refractivity contribution in [1.29, 1.82) is 0 Å². The van der Waals surface area contributed by atoms with E-state index in [1.54, 1.807) is 12.1 Å².